The largest absolute Gasteiger partial charge is 0.396 e. The fraction of sp³-hybridized carbons (Fsp3) is 0.462. The molecular formula is C13H17N3. The van der Waals surface area contributed by atoms with Crippen molar-refractivity contribution in [1.29, 1.82) is 5.26 Å². The second-order valence-corrected chi connectivity index (χ2v) is 4.41. The molecule has 0 heterocycles. The Kier molecular flexibility index (Phi) is 3.31. The minimum absolute atomic E-state index is 0.552. The molecule has 1 aromatic carbocycles. The van der Waals surface area contributed by atoms with E-state index in [1.807, 2.05) is 12.1 Å². The van der Waals surface area contributed by atoms with Crippen molar-refractivity contribution in [3.63, 3.8) is 0 Å². The topological polar surface area (TPSA) is 61.8 Å². The van der Waals surface area contributed by atoms with Crippen molar-refractivity contribution in [3.05, 3.63) is 23.8 Å². The Labute approximate surface area is 96.3 Å². The first kappa shape index (κ1) is 10.8. The normalized spacial score (nSPS) is 15.9. The van der Waals surface area contributed by atoms with Gasteiger partial charge >= 0.3 is 0 Å². The van der Waals surface area contributed by atoms with Gasteiger partial charge < -0.3 is 11.1 Å². The maximum absolute atomic E-state index is 8.86. The smallest absolute Gasteiger partial charge is 0.101 e. The fourth-order valence-corrected chi connectivity index (χ4v) is 2.29. The first-order valence-corrected chi connectivity index (χ1v) is 5.83. The highest BCUT2D eigenvalue weighted by atomic mass is 14.9. The Morgan fingerprint density at radius 3 is 2.81 bits per heavy atom. The quantitative estimate of drug-likeness (QED) is 0.762. The molecule has 16 heavy (non-hydrogen) atoms. The molecule has 0 saturated heterocycles. The maximum Gasteiger partial charge on any atom is 0.101 e. The van der Waals surface area contributed by atoms with E-state index >= 15 is 0 Å². The van der Waals surface area contributed by atoms with Crippen LogP contribution in [-0.4, -0.2) is 6.54 Å². The zero-order chi connectivity index (χ0) is 11.4. The summed E-state index contributed by atoms with van der Waals surface area (Å²) in [7, 11) is 0. The minimum atomic E-state index is 0.552. The molecule has 3 N–H and O–H groups in total. The Morgan fingerprint density at radius 2 is 2.12 bits per heavy atom. The predicted molar refractivity (Wildman–Crippen MR) is 66.0 cm³/mol. The van der Waals surface area contributed by atoms with Crippen LogP contribution in [0.25, 0.3) is 0 Å². The van der Waals surface area contributed by atoms with E-state index in [1.54, 1.807) is 6.07 Å². The molecule has 84 valence electrons. The molecule has 0 radical (unpaired) electrons. The molecule has 0 spiro atoms. The lowest BCUT2D eigenvalue weighted by Gasteiger charge is -2.13. The van der Waals surface area contributed by atoms with Gasteiger partial charge in [0.25, 0.3) is 0 Å². The number of nitrogens with one attached hydrogen (secondary N) is 1. The van der Waals surface area contributed by atoms with Gasteiger partial charge in [-0.15, -0.1) is 0 Å². The number of nitrogen functional groups attached to an aromatic ring is 1. The molecule has 1 aliphatic rings. The molecule has 0 aromatic heterocycles. The Morgan fingerprint density at radius 1 is 1.38 bits per heavy atom. The number of hydrogen-bond acceptors (Lipinski definition) is 3. The number of para-hydroxylation sites is 1. The first-order chi connectivity index (χ1) is 7.81. The lowest BCUT2D eigenvalue weighted by molar-refractivity contribution is 0.580. The minimum Gasteiger partial charge on any atom is -0.396 e. The van der Waals surface area contributed by atoms with Gasteiger partial charge in [0.1, 0.15) is 6.07 Å². The first-order valence-electron chi connectivity index (χ1n) is 5.83. The lowest BCUT2D eigenvalue weighted by atomic mass is 10.1. The average Bonchev–Trinajstić information content (AvgIpc) is 2.81. The number of nitrogens with two attached hydrogens (primary N) is 1. The third-order valence-electron chi connectivity index (χ3n) is 3.28. The van der Waals surface area contributed by atoms with Gasteiger partial charge in [0.15, 0.2) is 0 Å². The second kappa shape index (κ2) is 4.89. The van der Waals surface area contributed by atoms with Crippen LogP contribution >= 0.6 is 0 Å². The molecule has 0 unspecified atom stereocenters. The van der Waals surface area contributed by atoms with Crippen molar-refractivity contribution < 1.29 is 0 Å². The van der Waals surface area contributed by atoms with Gasteiger partial charge in [0.05, 0.1) is 16.9 Å². The second-order valence-electron chi connectivity index (χ2n) is 4.41. The summed E-state index contributed by atoms with van der Waals surface area (Å²) in [4.78, 5) is 0. The van der Waals surface area contributed by atoms with Crippen LogP contribution in [0.5, 0.6) is 0 Å². The van der Waals surface area contributed by atoms with Crippen molar-refractivity contribution in [2.24, 2.45) is 5.92 Å². The third-order valence-corrected chi connectivity index (χ3v) is 3.28. The maximum atomic E-state index is 8.86. The van der Waals surface area contributed by atoms with Crippen molar-refractivity contribution >= 4 is 11.4 Å². The zero-order valence-electron chi connectivity index (χ0n) is 9.37. The summed E-state index contributed by atoms with van der Waals surface area (Å²) < 4.78 is 0. The van der Waals surface area contributed by atoms with Gasteiger partial charge in [-0.2, -0.15) is 5.26 Å². The number of nitrogens with zero attached hydrogens (tertiary/aromatic N) is 1. The van der Waals surface area contributed by atoms with Crippen LogP contribution in [0.15, 0.2) is 18.2 Å². The van der Waals surface area contributed by atoms with E-state index in [0.717, 1.165) is 18.2 Å². The molecule has 3 heteroatoms. The molecule has 3 nitrogen and oxygen atoms in total. The fourth-order valence-electron chi connectivity index (χ4n) is 2.29. The third kappa shape index (κ3) is 2.27. The van der Waals surface area contributed by atoms with Crippen molar-refractivity contribution in [2.75, 3.05) is 17.6 Å². The van der Waals surface area contributed by atoms with Gasteiger partial charge in [-0.3, -0.25) is 0 Å². The van der Waals surface area contributed by atoms with E-state index in [4.69, 9.17) is 11.0 Å². The number of anilines is 2. The summed E-state index contributed by atoms with van der Waals surface area (Å²) in [6, 6.07) is 7.65. The average molecular weight is 215 g/mol. The summed E-state index contributed by atoms with van der Waals surface area (Å²) in [5.74, 6) is 0.769. The lowest BCUT2D eigenvalue weighted by Crippen LogP contribution is -2.12. The number of rotatable bonds is 3. The molecule has 0 aliphatic heterocycles. The SMILES string of the molecule is N#Cc1cccc(NCC2CCCC2)c1N. The molecule has 1 aliphatic carbocycles. The van der Waals surface area contributed by atoms with Gasteiger partial charge in [0, 0.05) is 6.54 Å². The van der Waals surface area contributed by atoms with Crippen molar-refractivity contribution in [3.8, 4) is 6.07 Å². The van der Waals surface area contributed by atoms with Crippen LogP contribution in [0.1, 0.15) is 31.2 Å². The van der Waals surface area contributed by atoms with E-state index < -0.39 is 0 Å². The molecule has 0 atom stereocenters. The highest BCUT2D eigenvalue weighted by Gasteiger charge is 2.15. The van der Waals surface area contributed by atoms with Gasteiger partial charge in [-0.05, 0) is 30.9 Å². The summed E-state index contributed by atoms with van der Waals surface area (Å²) in [5.41, 5.74) is 7.91. The van der Waals surface area contributed by atoms with Crippen molar-refractivity contribution in [1.82, 2.24) is 0 Å². The van der Waals surface area contributed by atoms with Crippen LogP contribution in [0, 0.1) is 17.2 Å². The zero-order valence-corrected chi connectivity index (χ0v) is 9.37. The van der Waals surface area contributed by atoms with Gasteiger partial charge in [-0.25, -0.2) is 0 Å². The number of benzene rings is 1. The van der Waals surface area contributed by atoms with Gasteiger partial charge in [-0.1, -0.05) is 18.9 Å². The highest BCUT2D eigenvalue weighted by molar-refractivity contribution is 5.72. The Balaban J connectivity index is 2.01. The van der Waals surface area contributed by atoms with E-state index in [9.17, 15) is 0 Å². The van der Waals surface area contributed by atoms with E-state index in [2.05, 4.69) is 11.4 Å². The number of hydrogen-bond donors (Lipinski definition) is 2. The summed E-state index contributed by atoms with van der Waals surface area (Å²) >= 11 is 0. The standard InChI is InChI=1S/C13H17N3/c14-8-11-6-3-7-12(13(11)15)16-9-10-4-1-2-5-10/h3,6-7,10,16H,1-2,4-5,9,15H2. The predicted octanol–water partition coefficient (Wildman–Crippen LogP) is 2.74. The summed E-state index contributed by atoms with van der Waals surface area (Å²) in [6.07, 6.45) is 5.32. The summed E-state index contributed by atoms with van der Waals surface area (Å²) in [6.45, 7) is 0.971. The van der Waals surface area contributed by atoms with E-state index in [-0.39, 0.29) is 0 Å². The molecule has 1 aromatic rings. The van der Waals surface area contributed by atoms with Crippen LogP contribution in [-0.2, 0) is 0 Å². The van der Waals surface area contributed by atoms with Crippen LogP contribution < -0.4 is 11.1 Å². The Bertz CT molecular complexity index is 400. The van der Waals surface area contributed by atoms with Crippen LogP contribution in [0.4, 0.5) is 11.4 Å². The molecule has 1 saturated carbocycles. The molecule has 0 bridgehead atoms. The van der Waals surface area contributed by atoms with Gasteiger partial charge in [0.2, 0.25) is 0 Å². The Hall–Kier alpha value is -1.69. The summed E-state index contributed by atoms with van der Waals surface area (Å²) in [5, 5.41) is 12.2. The highest BCUT2D eigenvalue weighted by Crippen LogP contribution is 2.27. The monoisotopic (exact) mass is 215 g/mol. The molecule has 1 fully saturated rings. The number of nitriles is 1. The van der Waals surface area contributed by atoms with Crippen LogP contribution in [0.3, 0.4) is 0 Å². The van der Waals surface area contributed by atoms with E-state index in [1.165, 1.54) is 25.7 Å². The van der Waals surface area contributed by atoms with Crippen molar-refractivity contribution in [2.45, 2.75) is 25.7 Å². The molecular weight excluding hydrogens is 198 g/mol. The van der Waals surface area contributed by atoms with E-state index in [0.29, 0.717) is 11.3 Å². The molecule has 2 rings (SSSR count). The van der Waals surface area contributed by atoms with Crippen LogP contribution in [0.2, 0.25) is 0 Å². The molecule has 0 amide bonds.